The highest BCUT2D eigenvalue weighted by Gasteiger charge is 2.45. The van der Waals surface area contributed by atoms with Gasteiger partial charge in [0.05, 0.1) is 13.2 Å². The van der Waals surface area contributed by atoms with Gasteiger partial charge in [-0.25, -0.2) is 0 Å². The summed E-state index contributed by atoms with van der Waals surface area (Å²) in [5.74, 6) is 1.16. The Morgan fingerprint density at radius 2 is 2.06 bits per heavy atom. The molecular formula is C15H24O3. The van der Waals surface area contributed by atoms with Gasteiger partial charge in [0.25, 0.3) is 0 Å². The molecule has 0 radical (unpaired) electrons. The lowest BCUT2D eigenvalue weighted by atomic mass is 9.70. The Bertz CT molecular complexity index is 318. The summed E-state index contributed by atoms with van der Waals surface area (Å²) in [6.45, 7) is 1.87. The largest absolute Gasteiger partial charge is 0.396 e. The van der Waals surface area contributed by atoms with Crippen molar-refractivity contribution in [3.63, 3.8) is 0 Å². The maximum Gasteiger partial charge on any atom is 0.169 e. The quantitative estimate of drug-likeness (QED) is 0.617. The normalized spacial score (nSPS) is 33.7. The zero-order valence-electron chi connectivity index (χ0n) is 11.1. The summed E-state index contributed by atoms with van der Waals surface area (Å²) in [4.78, 5) is 0. The van der Waals surface area contributed by atoms with Crippen LogP contribution in [-0.4, -0.2) is 30.7 Å². The highest BCUT2D eigenvalue weighted by Crippen LogP contribution is 2.47. The molecule has 3 heteroatoms. The lowest BCUT2D eigenvalue weighted by Crippen LogP contribution is -2.41. The van der Waals surface area contributed by atoms with Crippen LogP contribution in [0.1, 0.15) is 44.9 Å². The molecule has 2 fully saturated rings. The number of aliphatic hydroxyl groups excluding tert-OH is 1. The molecule has 1 saturated carbocycles. The van der Waals surface area contributed by atoms with E-state index >= 15 is 0 Å². The fourth-order valence-electron chi connectivity index (χ4n) is 3.95. The second-order valence-electron chi connectivity index (χ2n) is 6.09. The molecule has 3 nitrogen and oxygen atoms in total. The van der Waals surface area contributed by atoms with E-state index < -0.39 is 0 Å². The first-order valence-electron chi connectivity index (χ1n) is 7.38. The SMILES string of the molecule is OCCCCC1=CC2CC(C1)CC1(C2)OCCO1. The van der Waals surface area contributed by atoms with Gasteiger partial charge in [-0.3, -0.25) is 0 Å². The highest BCUT2D eigenvalue weighted by atomic mass is 16.7. The summed E-state index contributed by atoms with van der Waals surface area (Å²) < 4.78 is 11.7. The van der Waals surface area contributed by atoms with E-state index in [-0.39, 0.29) is 5.79 Å². The highest BCUT2D eigenvalue weighted by molar-refractivity contribution is 5.13. The van der Waals surface area contributed by atoms with Gasteiger partial charge in [-0.1, -0.05) is 11.6 Å². The first kappa shape index (κ1) is 12.6. The fraction of sp³-hybridized carbons (Fsp3) is 0.867. The molecule has 1 saturated heterocycles. The van der Waals surface area contributed by atoms with Crippen LogP contribution < -0.4 is 0 Å². The van der Waals surface area contributed by atoms with Gasteiger partial charge in [-0.2, -0.15) is 0 Å². The van der Waals surface area contributed by atoms with Crippen molar-refractivity contribution in [1.82, 2.24) is 0 Å². The van der Waals surface area contributed by atoms with Crippen LogP contribution in [0.3, 0.4) is 0 Å². The third-order valence-electron chi connectivity index (χ3n) is 4.55. The zero-order chi connectivity index (χ0) is 12.4. The van der Waals surface area contributed by atoms with E-state index in [2.05, 4.69) is 6.08 Å². The van der Waals surface area contributed by atoms with Crippen molar-refractivity contribution >= 4 is 0 Å². The van der Waals surface area contributed by atoms with Gasteiger partial charge >= 0.3 is 0 Å². The molecule has 2 unspecified atom stereocenters. The van der Waals surface area contributed by atoms with E-state index in [1.807, 2.05) is 0 Å². The molecule has 3 aliphatic rings. The fourth-order valence-corrected chi connectivity index (χ4v) is 3.95. The number of rotatable bonds is 4. The van der Waals surface area contributed by atoms with E-state index in [4.69, 9.17) is 14.6 Å². The Balaban J connectivity index is 1.61. The average molecular weight is 252 g/mol. The van der Waals surface area contributed by atoms with E-state index in [1.54, 1.807) is 5.57 Å². The minimum Gasteiger partial charge on any atom is -0.396 e. The number of allylic oxidation sites excluding steroid dienone is 2. The number of hydrogen-bond acceptors (Lipinski definition) is 3. The minimum atomic E-state index is -0.235. The van der Waals surface area contributed by atoms with Crippen LogP contribution >= 0.6 is 0 Å². The number of fused-ring (bicyclic) bond motifs is 2. The van der Waals surface area contributed by atoms with E-state index in [1.165, 1.54) is 19.3 Å². The lowest BCUT2D eigenvalue weighted by molar-refractivity contribution is -0.195. The maximum atomic E-state index is 8.84. The number of ether oxygens (including phenoxy) is 2. The molecule has 0 aromatic carbocycles. The number of hydrogen-bond donors (Lipinski definition) is 1. The molecule has 1 spiro atoms. The molecule has 1 aliphatic heterocycles. The van der Waals surface area contributed by atoms with Gasteiger partial charge in [-0.05, 0) is 43.9 Å². The Labute approximate surface area is 109 Å². The van der Waals surface area contributed by atoms with Crippen LogP contribution in [0.25, 0.3) is 0 Å². The molecule has 1 heterocycles. The molecule has 2 aliphatic carbocycles. The topological polar surface area (TPSA) is 38.7 Å². The molecule has 18 heavy (non-hydrogen) atoms. The van der Waals surface area contributed by atoms with Gasteiger partial charge in [-0.15, -0.1) is 0 Å². The molecule has 0 amide bonds. The van der Waals surface area contributed by atoms with Gasteiger partial charge in [0.15, 0.2) is 5.79 Å². The zero-order valence-corrected chi connectivity index (χ0v) is 11.1. The van der Waals surface area contributed by atoms with Gasteiger partial charge in [0.2, 0.25) is 0 Å². The molecule has 3 rings (SSSR count). The molecule has 2 bridgehead atoms. The predicted octanol–water partition coefficient (Wildman–Crippen LogP) is 2.64. The van der Waals surface area contributed by atoms with Crippen molar-refractivity contribution in [1.29, 1.82) is 0 Å². The standard InChI is InChI=1S/C15H24O3/c16-4-2-1-3-12-7-13-9-14(8-12)11-15(10-13)17-5-6-18-15/h7,13-14,16H,1-6,8-11H2. The van der Waals surface area contributed by atoms with Crippen molar-refractivity contribution < 1.29 is 14.6 Å². The van der Waals surface area contributed by atoms with Gasteiger partial charge in [0, 0.05) is 19.4 Å². The van der Waals surface area contributed by atoms with Crippen molar-refractivity contribution in [3.05, 3.63) is 11.6 Å². The lowest BCUT2D eigenvalue weighted by Gasteiger charge is -2.43. The van der Waals surface area contributed by atoms with Crippen LogP contribution in [0, 0.1) is 11.8 Å². The minimum absolute atomic E-state index is 0.235. The summed E-state index contributed by atoms with van der Waals surface area (Å²) >= 11 is 0. The van der Waals surface area contributed by atoms with Gasteiger partial charge in [0.1, 0.15) is 0 Å². The number of unbranched alkanes of at least 4 members (excludes halogenated alkanes) is 1. The first-order valence-corrected chi connectivity index (χ1v) is 7.38. The second-order valence-corrected chi connectivity index (χ2v) is 6.09. The molecule has 2 atom stereocenters. The molecule has 0 aromatic rings. The Morgan fingerprint density at radius 3 is 2.78 bits per heavy atom. The molecular weight excluding hydrogens is 228 g/mol. The van der Waals surface area contributed by atoms with Crippen LogP contribution in [0.15, 0.2) is 11.6 Å². The van der Waals surface area contributed by atoms with Crippen LogP contribution in [0.4, 0.5) is 0 Å². The summed E-state index contributed by atoms with van der Waals surface area (Å²) in [6, 6.07) is 0. The van der Waals surface area contributed by atoms with Crippen molar-refractivity contribution in [2.24, 2.45) is 11.8 Å². The van der Waals surface area contributed by atoms with Crippen LogP contribution in [-0.2, 0) is 9.47 Å². The average Bonchev–Trinajstić information content (AvgIpc) is 2.76. The third kappa shape index (κ3) is 2.63. The second kappa shape index (κ2) is 5.32. The van der Waals surface area contributed by atoms with Crippen molar-refractivity contribution in [3.8, 4) is 0 Å². The summed E-state index contributed by atoms with van der Waals surface area (Å²) in [6.07, 6.45) is 10.4. The smallest absolute Gasteiger partial charge is 0.169 e. The first-order chi connectivity index (χ1) is 8.80. The molecule has 1 N–H and O–H groups in total. The summed E-state index contributed by atoms with van der Waals surface area (Å²) in [5, 5.41) is 8.84. The summed E-state index contributed by atoms with van der Waals surface area (Å²) in [7, 11) is 0. The molecule has 0 aromatic heterocycles. The Hall–Kier alpha value is -0.380. The molecule has 102 valence electrons. The Kier molecular flexibility index (Phi) is 3.73. The van der Waals surface area contributed by atoms with Crippen molar-refractivity contribution in [2.75, 3.05) is 19.8 Å². The maximum absolute atomic E-state index is 8.84. The predicted molar refractivity (Wildman–Crippen MR) is 69.1 cm³/mol. The Morgan fingerprint density at radius 1 is 1.22 bits per heavy atom. The van der Waals surface area contributed by atoms with E-state index in [9.17, 15) is 0 Å². The van der Waals surface area contributed by atoms with Crippen LogP contribution in [0.2, 0.25) is 0 Å². The number of aliphatic hydroxyl groups is 1. The van der Waals surface area contributed by atoms with Crippen LogP contribution in [0.5, 0.6) is 0 Å². The van der Waals surface area contributed by atoms with E-state index in [0.717, 1.165) is 44.8 Å². The van der Waals surface area contributed by atoms with Crippen molar-refractivity contribution in [2.45, 2.75) is 50.7 Å². The summed E-state index contributed by atoms with van der Waals surface area (Å²) in [5.41, 5.74) is 1.61. The van der Waals surface area contributed by atoms with Gasteiger partial charge < -0.3 is 14.6 Å². The monoisotopic (exact) mass is 252 g/mol. The third-order valence-corrected chi connectivity index (χ3v) is 4.55. The van der Waals surface area contributed by atoms with E-state index in [0.29, 0.717) is 12.5 Å².